The highest BCUT2D eigenvalue weighted by molar-refractivity contribution is 7.87. The molecule has 0 radical (unpaired) electrons. The maximum atomic E-state index is 12.0. The highest BCUT2D eigenvalue weighted by Crippen LogP contribution is 2.17. The van der Waals surface area contributed by atoms with Crippen LogP contribution in [0.25, 0.3) is 0 Å². The summed E-state index contributed by atoms with van der Waals surface area (Å²) >= 11 is 0. The molecule has 0 saturated carbocycles. The van der Waals surface area contributed by atoms with Gasteiger partial charge in [0.1, 0.15) is 0 Å². The van der Waals surface area contributed by atoms with Crippen molar-refractivity contribution in [3.8, 4) is 0 Å². The van der Waals surface area contributed by atoms with E-state index in [-0.39, 0.29) is 12.5 Å². The first-order valence-corrected chi connectivity index (χ1v) is 7.88. The molecule has 1 aliphatic rings. The first-order chi connectivity index (χ1) is 8.60. The van der Waals surface area contributed by atoms with Gasteiger partial charge in [-0.15, -0.1) is 0 Å². The number of methoxy groups -OCH3 is 1. The van der Waals surface area contributed by atoms with Gasteiger partial charge in [0.2, 0.25) is 0 Å². The summed E-state index contributed by atoms with van der Waals surface area (Å²) in [4.78, 5) is 0. The summed E-state index contributed by atoms with van der Waals surface area (Å²) in [5, 5.41) is 9.09. The van der Waals surface area contributed by atoms with Crippen molar-refractivity contribution in [1.29, 1.82) is 0 Å². The third-order valence-electron chi connectivity index (χ3n) is 3.14. The van der Waals surface area contributed by atoms with E-state index in [0.29, 0.717) is 26.2 Å². The molecular weight excluding hydrogens is 256 g/mol. The maximum absolute atomic E-state index is 12.0. The number of hydrogen-bond donors (Lipinski definition) is 2. The van der Waals surface area contributed by atoms with Crippen molar-refractivity contribution in [1.82, 2.24) is 9.03 Å². The van der Waals surface area contributed by atoms with Crippen LogP contribution < -0.4 is 4.72 Å². The van der Waals surface area contributed by atoms with Crippen LogP contribution in [0.3, 0.4) is 0 Å². The molecule has 18 heavy (non-hydrogen) atoms. The lowest BCUT2D eigenvalue weighted by Crippen LogP contribution is -2.46. The number of rotatable bonds is 8. The van der Waals surface area contributed by atoms with Crippen LogP contribution in [0, 0.1) is 5.92 Å². The summed E-state index contributed by atoms with van der Waals surface area (Å²) in [7, 11) is -1.75. The minimum Gasteiger partial charge on any atom is -0.396 e. The standard InChI is InChI=1S/C11H24N2O4S/c1-17-8-3-2-6-12-18(15,16)13-7-4-5-11(9-13)10-14/h11-12,14H,2-10H2,1H3. The fourth-order valence-corrected chi connectivity index (χ4v) is 3.42. The SMILES string of the molecule is COCCCCNS(=O)(=O)N1CCCC(CO)C1. The molecule has 1 heterocycles. The zero-order valence-electron chi connectivity index (χ0n) is 11.0. The Morgan fingerprint density at radius 3 is 2.89 bits per heavy atom. The minimum atomic E-state index is -3.38. The summed E-state index contributed by atoms with van der Waals surface area (Å²) in [6.07, 6.45) is 3.33. The molecule has 1 rings (SSSR count). The fourth-order valence-electron chi connectivity index (χ4n) is 2.06. The van der Waals surface area contributed by atoms with E-state index in [1.54, 1.807) is 7.11 Å². The highest BCUT2D eigenvalue weighted by Gasteiger charge is 2.27. The molecule has 1 aliphatic heterocycles. The third-order valence-corrected chi connectivity index (χ3v) is 4.72. The predicted octanol–water partition coefficient (Wildman–Crippen LogP) is -0.0483. The smallest absolute Gasteiger partial charge is 0.279 e. The largest absolute Gasteiger partial charge is 0.396 e. The Morgan fingerprint density at radius 2 is 2.22 bits per heavy atom. The van der Waals surface area contributed by atoms with Gasteiger partial charge in [-0.1, -0.05) is 0 Å². The molecule has 1 unspecified atom stereocenters. The van der Waals surface area contributed by atoms with E-state index in [9.17, 15) is 8.42 Å². The molecule has 1 saturated heterocycles. The van der Waals surface area contributed by atoms with E-state index >= 15 is 0 Å². The molecule has 6 nitrogen and oxygen atoms in total. The summed E-state index contributed by atoms with van der Waals surface area (Å²) in [6, 6.07) is 0. The van der Waals surface area contributed by atoms with E-state index in [4.69, 9.17) is 9.84 Å². The summed E-state index contributed by atoms with van der Waals surface area (Å²) in [6.45, 7) is 2.11. The second kappa shape index (κ2) is 8.06. The van der Waals surface area contributed by atoms with E-state index < -0.39 is 10.2 Å². The van der Waals surface area contributed by atoms with Crippen molar-refractivity contribution in [2.75, 3.05) is 40.0 Å². The van der Waals surface area contributed by atoms with Crippen LogP contribution in [0.15, 0.2) is 0 Å². The molecule has 0 bridgehead atoms. The highest BCUT2D eigenvalue weighted by atomic mass is 32.2. The van der Waals surface area contributed by atoms with Gasteiger partial charge in [-0.2, -0.15) is 12.7 Å². The Morgan fingerprint density at radius 1 is 1.44 bits per heavy atom. The second-order valence-electron chi connectivity index (χ2n) is 4.65. The molecule has 1 fully saturated rings. The number of piperidine rings is 1. The van der Waals surface area contributed by atoms with Gasteiger partial charge < -0.3 is 9.84 Å². The van der Waals surface area contributed by atoms with Gasteiger partial charge in [0.15, 0.2) is 0 Å². The van der Waals surface area contributed by atoms with Crippen LogP contribution in [-0.4, -0.2) is 57.8 Å². The molecule has 0 aromatic carbocycles. The van der Waals surface area contributed by atoms with Crippen LogP contribution in [0.2, 0.25) is 0 Å². The van der Waals surface area contributed by atoms with Crippen molar-refractivity contribution >= 4 is 10.2 Å². The van der Waals surface area contributed by atoms with Crippen LogP contribution in [-0.2, 0) is 14.9 Å². The topological polar surface area (TPSA) is 78.9 Å². The number of aliphatic hydroxyl groups excluding tert-OH is 1. The van der Waals surface area contributed by atoms with Crippen molar-refractivity contribution in [2.45, 2.75) is 25.7 Å². The maximum Gasteiger partial charge on any atom is 0.279 e. The Kier molecular flexibility index (Phi) is 7.10. The average molecular weight is 280 g/mol. The third kappa shape index (κ3) is 5.19. The van der Waals surface area contributed by atoms with Crippen LogP contribution in [0.4, 0.5) is 0 Å². The minimum absolute atomic E-state index is 0.0554. The van der Waals surface area contributed by atoms with Crippen molar-refractivity contribution < 1.29 is 18.3 Å². The molecule has 0 amide bonds. The molecule has 2 N–H and O–H groups in total. The number of ether oxygens (including phenoxy) is 1. The first-order valence-electron chi connectivity index (χ1n) is 6.44. The van der Waals surface area contributed by atoms with Gasteiger partial charge >= 0.3 is 0 Å². The molecule has 0 spiro atoms. The van der Waals surface area contributed by atoms with Crippen LogP contribution in [0.1, 0.15) is 25.7 Å². The van der Waals surface area contributed by atoms with E-state index in [0.717, 1.165) is 25.7 Å². The van der Waals surface area contributed by atoms with E-state index in [1.165, 1.54) is 4.31 Å². The Bertz CT molecular complexity index is 321. The second-order valence-corrected chi connectivity index (χ2v) is 6.40. The van der Waals surface area contributed by atoms with Gasteiger partial charge in [0.05, 0.1) is 0 Å². The monoisotopic (exact) mass is 280 g/mol. The van der Waals surface area contributed by atoms with Gasteiger partial charge in [-0.05, 0) is 31.6 Å². The molecule has 0 aromatic heterocycles. The number of aliphatic hydroxyl groups is 1. The lowest BCUT2D eigenvalue weighted by atomic mass is 10.0. The molecule has 7 heteroatoms. The predicted molar refractivity (Wildman–Crippen MR) is 69.4 cm³/mol. The molecule has 0 aromatic rings. The zero-order chi connectivity index (χ0) is 13.4. The fraction of sp³-hybridized carbons (Fsp3) is 1.00. The van der Waals surface area contributed by atoms with Crippen molar-refractivity contribution in [2.24, 2.45) is 5.92 Å². The van der Waals surface area contributed by atoms with Crippen molar-refractivity contribution in [3.63, 3.8) is 0 Å². The Balaban J connectivity index is 2.33. The van der Waals surface area contributed by atoms with E-state index in [2.05, 4.69) is 4.72 Å². The van der Waals surface area contributed by atoms with Gasteiger partial charge in [0, 0.05) is 40.0 Å². The van der Waals surface area contributed by atoms with Gasteiger partial charge in [-0.25, -0.2) is 4.72 Å². The Labute approximate surface area is 109 Å². The van der Waals surface area contributed by atoms with Crippen LogP contribution >= 0.6 is 0 Å². The lowest BCUT2D eigenvalue weighted by molar-refractivity contribution is 0.164. The molecule has 1 atom stereocenters. The average Bonchev–Trinajstić information content (AvgIpc) is 2.38. The number of nitrogens with one attached hydrogen (secondary N) is 1. The number of unbranched alkanes of at least 4 members (excludes halogenated alkanes) is 1. The number of hydrogen-bond acceptors (Lipinski definition) is 4. The summed E-state index contributed by atoms with van der Waals surface area (Å²) in [5.41, 5.74) is 0. The summed E-state index contributed by atoms with van der Waals surface area (Å²) < 4.78 is 32.9. The van der Waals surface area contributed by atoms with E-state index in [1.807, 2.05) is 0 Å². The molecule has 0 aliphatic carbocycles. The Hall–Kier alpha value is -0.210. The quantitative estimate of drug-likeness (QED) is 0.611. The first kappa shape index (κ1) is 15.8. The number of nitrogens with zero attached hydrogens (tertiary/aromatic N) is 1. The summed E-state index contributed by atoms with van der Waals surface area (Å²) in [5.74, 6) is 0.0730. The van der Waals surface area contributed by atoms with Crippen LogP contribution in [0.5, 0.6) is 0 Å². The van der Waals surface area contributed by atoms with Crippen molar-refractivity contribution in [3.05, 3.63) is 0 Å². The molecule has 108 valence electrons. The normalized spacial score (nSPS) is 22.2. The molecular formula is C11H24N2O4S. The van der Waals surface area contributed by atoms with Gasteiger partial charge in [0.25, 0.3) is 10.2 Å². The zero-order valence-corrected chi connectivity index (χ0v) is 11.8. The lowest BCUT2D eigenvalue weighted by Gasteiger charge is -2.30. The van der Waals surface area contributed by atoms with Gasteiger partial charge in [-0.3, -0.25) is 0 Å².